The fourth-order valence-corrected chi connectivity index (χ4v) is 3.76. The number of hydrogen-bond donors (Lipinski definition) is 1. The van der Waals surface area contributed by atoms with Crippen molar-refractivity contribution in [2.75, 3.05) is 16.8 Å². The number of thioether (sulfide) groups is 1. The van der Waals surface area contributed by atoms with Gasteiger partial charge in [0.2, 0.25) is 0 Å². The van der Waals surface area contributed by atoms with Crippen molar-refractivity contribution >= 4 is 17.4 Å². The van der Waals surface area contributed by atoms with Gasteiger partial charge in [-0.25, -0.2) is 4.39 Å². The second-order valence-electron chi connectivity index (χ2n) is 5.47. The van der Waals surface area contributed by atoms with E-state index in [-0.39, 0.29) is 5.82 Å². The lowest BCUT2D eigenvalue weighted by Gasteiger charge is -2.39. The monoisotopic (exact) mass is 253 g/mol. The molecule has 1 atom stereocenters. The molecular weight excluding hydrogens is 233 g/mol. The number of anilines is 1. The molecule has 17 heavy (non-hydrogen) atoms. The zero-order chi connectivity index (χ0) is 12.5. The predicted octanol–water partition coefficient (Wildman–Crippen LogP) is 4.08. The topological polar surface area (TPSA) is 12.0 Å². The summed E-state index contributed by atoms with van der Waals surface area (Å²) < 4.78 is 13.0. The molecule has 1 N–H and O–H groups in total. The first-order valence-corrected chi connectivity index (χ1v) is 7.25. The summed E-state index contributed by atoms with van der Waals surface area (Å²) in [4.78, 5) is 0. The summed E-state index contributed by atoms with van der Waals surface area (Å²) in [6, 6.07) is 5.43. The van der Waals surface area contributed by atoms with Gasteiger partial charge in [-0.15, -0.1) is 0 Å². The standard InChI is InChI=1S/C14H20FNS/c1-10-8-11(15)4-5-12(10)16-13-9-17-7-6-14(13,2)3/h4-5,8,13,16H,6-7,9H2,1-3H3. The molecule has 0 spiro atoms. The van der Waals surface area contributed by atoms with E-state index in [4.69, 9.17) is 0 Å². The smallest absolute Gasteiger partial charge is 0.123 e. The summed E-state index contributed by atoms with van der Waals surface area (Å²) in [5, 5.41) is 3.58. The Hall–Kier alpha value is -0.700. The Kier molecular flexibility index (Phi) is 3.67. The molecule has 0 aromatic heterocycles. The van der Waals surface area contributed by atoms with Gasteiger partial charge in [0.25, 0.3) is 0 Å². The van der Waals surface area contributed by atoms with E-state index >= 15 is 0 Å². The van der Waals surface area contributed by atoms with E-state index in [1.165, 1.54) is 18.2 Å². The van der Waals surface area contributed by atoms with Crippen molar-refractivity contribution in [2.24, 2.45) is 5.41 Å². The average Bonchev–Trinajstić information content (AvgIpc) is 2.24. The van der Waals surface area contributed by atoms with Crippen LogP contribution in [-0.2, 0) is 0 Å². The van der Waals surface area contributed by atoms with Crippen molar-refractivity contribution < 1.29 is 4.39 Å². The van der Waals surface area contributed by atoms with Crippen LogP contribution < -0.4 is 5.32 Å². The number of hydrogen-bond acceptors (Lipinski definition) is 2. The van der Waals surface area contributed by atoms with Gasteiger partial charge in [-0.2, -0.15) is 11.8 Å². The van der Waals surface area contributed by atoms with Crippen LogP contribution in [-0.4, -0.2) is 17.5 Å². The molecule has 1 fully saturated rings. The van der Waals surface area contributed by atoms with Gasteiger partial charge in [-0.05, 0) is 48.3 Å². The van der Waals surface area contributed by atoms with Crippen LogP contribution in [0.3, 0.4) is 0 Å². The van der Waals surface area contributed by atoms with Crippen LogP contribution in [0.5, 0.6) is 0 Å². The van der Waals surface area contributed by atoms with Crippen LogP contribution in [0.2, 0.25) is 0 Å². The largest absolute Gasteiger partial charge is 0.381 e. The maximum atomic E-state index is 13.0. The highest BCUT2D eigenvalue weighted by Crippen LogP contribution is 2.36. The third kappa shape index (κ3) is 2.95. The Morgan fingerprint density at radius 1 is 1.41 bits per heavy atom. The average molecular weight is 253 g/mol. The van der Waals surface area contributed by atoms with Gasteiger partial charge in [0, 0.05) is 17.5 Å². The first-order valence-electron chi connectivity index (χ1n) is 6.09. The van der Waals surface area contributed by atoms with Crippen molar-refractivity contribution in [2.45, 2.75) is 33.2 Å². The highest BCUT2D eigenvalue weighted by atomic mass is 32.2. The normalized spacial score (nSPS) is 23.4. The minimum absolute atomic E-state index is 0.162. The molecule has 1 aromatic rings. The third-order valence-electron chi connectivity index (χ3n) is 3.64. The molecule has 0 bridgehead atoms. The molecule has 1 aromatic carbocycles. The van der Waals surface area contributed by atoms with Crippen LogP contribution in [0.1, 0.15) is 25.8 Å². The molecule has 2 rings (SSSR count). The Balaban J connectivity index is 2.14. The van der Waals surface area contributed by atoms with Crippen molar-refractivity contribution in [1.82, 2.24) is 0 Å². The van der Waals surface area contributed by atoms with Gasteiger partial charge in [-0.3, -0.25) is 0 Å². The Morgan fingerprint density at radius 2 is 2.18 bits per heavy atom. The second-order valence-corrected chi connectivity index (χ2v) is 6.62. The van der Waals surface area contributed by atoms with Gasteiger partial charge in [0.05, 0.1) is 0 Å². The first-order chi connectivity index (χ1) is 7.99. The first kappa shape index (κ1) is 12.7. The van der Waals surface area contributed by atoms with Gasteiger partial charge < -0.3 is 5.32 Å². The van der Waals surface area contributed by atoms with Crippen molar-refractivity contribution in [3.05, 3.63) is 29.6 Å². The van der Waals surface area contributed by atoms with Crippen LogP contribution in [0.15, 0.2) is 18.2 Å². The SMILES string of the molecule is Cc1cc(F)ccc1NC1CSCCC1(C)C. The highest BCUT2D eigenvalue weighted by molar-refractivity contribution is 7.99. The highest BCUT2D eigenvalue weighted by Gasteiger charge is 2.32. The van der Waals surface area contributed by atoms with Crippen LogP contribution in [0.4, 0.5) is 10.1 Å². The zero-order valence-corrected chi connectivity index (χ0v) is 11.5. The van der Waals surface area contributed by atoms with Crippen LogP contribution in [0.25, 0.3) is 0 Å². The zero-order valence-electron chi connectivity index (χ0n) is 10.7. The molecule has 1 saturated heterocycles. The fraction of sp³-hybridized carbons (Fsp3) is 0.571. The number of benzene rings is 1. The van der Waals surface area contributed by atoms with Gasteiger partial charge in [-0.1, -0.05) is 13.8 Å². The summed E-state index contributed by atoms with van der Waals surface area (Å²) in [7, 11) is 0. The fourth-order valence-electron chi connectivity index (χ4n) is 2.15. The quantitative estimate of drug-likeness (QED) is 0.852. The summed E-state index contributed by atoms with van der Waals surface area (Å²) in [6.45, 7) is 6.57. The Labute approximate surface area is 107 Å². The van der Waals surface area contributed by atoms with Gasteiger partial charge >= 0.3 is 0 Å². The molecule has 0 aliphatic carbocycles. The minimum Gasteiger partial charge on any atom is -0.381 e. The Bertz CT molecular complexity index is 403. The van der Waals surface area contributed by atoms with E-state index in [0.717, 1.165) is 17.0 Å². The second kappa shape index (κ2) is 4.89. The maximum Gasteiger partial charge on any atom is 0.123 e. The molecule has 1 nitrogen and oxygen atoms in total. The van der Waals surface area contributed by atoms with Crippen molar-refractivity contribution in [3.8, 4) is 0 Å². The molecule has 1 aliphatic rings. The van der Waals surface area contributed by atoms with Gasteiger partial charge in [0.1, 0.15) is 5.82 Å². The minimum atomic E-state index is -0.162. The summed E-state index contributed by atoms with van der Waals surface area (Å²) in [5.41, 5.74) is 2.36. The van der Waals surface area contributed by atoms with Crippen LogP contribution >= 0.6 is 11.8 Å². The number of rotatable bonds is 2. The molecule has 1 heterocycles. The molecule has 1 unspecified atom stereocenters. The lowest BCUT2D eigenvalue weighted by Crippen LogP contribution is -2.41. The number of halogens is 1. The molecule has 0 radical (unpaired) electrons. The predicted molar refractivity (Wildman–Crippen MR) is 74.3 cm³/mol. The lowest BCUT2D eigenvalue weighted by molar-refractivity contribution is 0.305. The van der Waals surface area contributed by atoms with E-state index < -0.39 is 0 Å². The summed E-state index contributed by atoms with van der Waals surface area (Å²) in [6.07, 6.45) is 1.23. The van der Waals surface area contributed by atoms with E-state index in [2.05, 4.69) is 19.2 Å². The molecule has 94 valence electrons. The molecule has 3 heteroatoms. The van der Waals surface area contributed by atoms with Gasteiger partial charge in [0.15, 0.2) is 0 Å². The summed E-state index contributed by atoms with van der Waals surface area (Å²) in [5.74, 6) is 2.21. The number of aryl methyl sites for hydroxylation is 1. The Morgan fingerprint density at radius 3 is 2.82 bits per heavy atom. The summed E-state index contributed by atoms with van der Waals surface area (Å²) >= 11 is 2.00. The molecule has 0 saturated carbocycles. The van der Waals surface area contributed by atoms with E-state index in [1.54, 1.807) is 6.07 Å². The van der Waals surface area contributed by atoms with E-state index in [1.807, 2.05) is 24.8 Å². The maximum absolute atomic E-state index is 13.0. The third-order valence-corrected chi connectivity index (χ3v) is 4.70. The van der Waals surface area contributed by atoms with Crippen LogP contribution in [0, 0.1) is 18.2 Å². The van der Waals surface area contributed by atoms with E-state index in [9.17, 15) is 4.39 Å². The lowest BCUT2D eigenvalue weighted by atomic mass is 9.82. The molecule has 1 aliphatic heterocycles. The van der Waals surface area contributed by atoms with Crippen molar-refractivity contribution in [3.63, 3.8) is 0 Å². The van der Waals surface area contributed by atoms with E-state index in [0.29, 0.717) is 11.5 Å². The number of nitrogens with one attached hydrogen (secondary N) is 1. The van der Waals surface area contributed by atoms with Crippen molar-refractivity contribution in [1.29, 1.82) is 0 Å². The molecule has 0 amide bonds. The molecular formula is C14H20FNS.